The maximum Gasteiger partial charge on any atom is 0.410 e. The summed E-state index contributed by atoms with van der Waals surface area (Å²) in [5.41, 5.74) is -0.00330. The summed E-state index contributed by atoms with van der Waals surface area (Å²) in [6, 6.07) is 15.9. The number of aromatic nitrogens is 2. The molecule has 4 aromatic rings. The van der Waals surface area contributed by atoms with Crippen LogP contribution in [-0.2, 0) is 0 Å². The fraction of sp³-hybridized carbons (Fsp3) is 0.154. The summed E-state index contributed by atoms with van der Waals surface area (Å²) in [6.07, 6.45) is -4.95. The molecule has 40 heavy (non-hydrogen) atoms. The smallest absolute Gasteiger partial charge is 0.410 e. The minimum absolute atomic E-state index is 0.00496. The zero-order valence-corrected chi connectivity index (χ0v) is 23.3. The van der Waals surface area contributed by atoms with Crippen LogP contribution in [0, 0.1) is 10.1 Å². The Morgan fingerprint density at radius 1 is 1.02 bits per heavy atom. The monoisotopic (exact) mass is 679 g/mol. The summed E-state index contributed by atoms with van der Waals surface area (Å²) in [5.74, 6) is -0.357. The van der Waals surface area contributed by atoms with E-state index < -0.39 is 29.1 Å². The highest BCUT2D eigenvalue weighted by Crippen LogP contribution is 2.44. The summed E-state index contributed by atoms with van der Waals surface area (Å²) >= 11 is 6.62. The van der Waals surface area contributed by atoms with E-state index in [9.17, 15) is 28.1 Å². The average Bonchev–Trinajstić information content (AvgIpc) is 3.33. The van der Waals surface area contributed by atoms with Crippen molar-refractivity contribution in [1.82, 2.24) is 9.78 Å². The molecule has 0 radical (unpaired) electrons. The molecule has 0 saturated heterocycles. The number of non-ortho nitro benzene ring substituents is 1. The van der Waals surface area contributed by atoms with Crippen molar-refractivity contribution in [3.05, 3.63) is 103 Å². The highest BCUT2D eigenvalue weighted by molar-refractivity contribution is 9.10. The Kier molecular flexibility index (Phi) is 7.55. The molecule has 3 aromatic carbocycles. The van der Waals surface area contributed by atoms with Crippen LogP contribution in [0.25, 0.3) is 0 Å². The number of nitrogens with zero attached hydrogens (tertiary/aromatic N) is 3. The van der Waals surface area contributed by atoms with Crippen LogP contribution >= 0.6 is 31.9 Å². The van der Waals surface area contributed by atoms with Gasteiger partial charge in [0.2, 0.25) is 0 Å². The number of nitro benzene ring substituents is 1. The molecule has 2 N–H and O–H groups in total. The molecule has 1 amide bonds. The van der Waals surface area contributed by atoms with Crippen LogP contribution in [0.1, 0.15) is 34.6 Å². The van der Waals surface area contributed by atoms with Crippen molar-refractivity contribution in [3.8, 4) is 11.5 Å². The lowest BCUT2D eigenvalue weighted by Crippen LogP contribution is -2.35. The quantitative estimate of drug-likeness (QED) is 0.158. The van der Waals surface area contributed by atoms with Crippen LogP contribution in [0.5, 0.6) is 11.5 Å². The Morgan fingerprint density at radius 2 is 1.68 bits per heavy atom. The van der Waals surface area contributed by atoms with Crippen LogP contribution in [0.4, 0.5) is 30.4 Å². The molecule has 0 spiro atoms. The molecule has 2 heterocycles. The number of hydrogen-bond donors (Lipinski definition) is 2. The number of alkyl halides is 3. The second kappa shape index (κ2) is 10.9. The van der Waals surface area contributed by atoms with Gasteiger partial charge in [0.25, 0.3) is 11.6 Å². The zero-order chi connectivity index (χ0) is 28.6. The largest absolute Gasteiger partial charge is 0.457 e. The normalized spacial score (nSPS) is 16.5. The Labute approximate surface area is 241 Å². The van der Waals surface area contributed by atoms with Gasteiger partial charge in [0.05, 0.1) is 22.7 Å². The summed E-state index contributed by atoms with van der Waals surface area (Å²) in [7, 11) is 0. The second-order valence-electron chi connectivity index (χ2n) is 8.88. The number of rotatable bonds is 6. The molecule has 2 atom stereocenters. The fourth-order valence-corrected chi connectivity index (χ4v) is 4.78. The molecule has 0 aliphatic carbocycles. The molecule has 14 heteroatoms. The molecule has 1 aliphatic heterocycles. The number of nitrogens with one attached hydrogen (secondary N) is 2. The molecule has 0 fully saturated rings. The number of ether oxygens (including phenoxy) is 1. The molecule has 0 saturated carbocycles. The number of anilines is 2. The first-order chi connectivity index (χ1) is 19.0. The van der Waals surface area contributed by atoms with E-state index >= 15 is 0 Å². The van der Waals surface area contributed by atoms with Crippen molar-refractivity contribution in [2.24, 2.45) is 0 Å². The first kappa shape index (κ1) is 27.6. The van der Waals surface area contributed by atoms with Crippen LogP contribution in [-0.4, -0.2) is 26.8 Å². The van der Waals surface area contributed by atoms with Crippen LogP contribution < -0.4 is 15.4 Å². The molecular weight excluding hydrogens is 663 g/mol. The number of nitro groups is 1. The van der Waals surface area contributed by atoms with Gasteiger partial charge < -0.3 is 15.4 Å². The predicted octanol–water partition coefficient (Wildman–Crippen LogP) is 8.02. The van der Waals surface area contributed by atoms with E-state index in [1.807, 2.05) is 0 Å². The second-order valence-corrected chi connectivity index (χ2v) is 10.7. The topological polar surface area (TPSA) is 111 Å². The fourth-order valence-electron chi connectivity index (χ4n) is 4.25. The van der Waals surface area contributed by atoms with E-state index in [4.69, 9.17) is 4.74 Å². The van der Waals surface area contributed by atoms with Gasteiger partial charge >= 0.3 is 6.18 Å². The van der Waals surface area contributed by atoms with E-state index in [-0.39, 0.29) is 35.1 Å². The van der Waals surface area contributed by atoms with Crippen LogP contribution in [0.2, 0.25) is 0 Å². The van der Waals surface area contributed by atoms with E-state index in [0.717, 1.165) is 19.7 Å². The van der Waals surface area contributed by atoms with Crippen molar-refractivity contribution >= 4 is 55.0 Å². The highest BCUT2D eigenvalue weighted by atomic mass is 79.9. The molecule has 206 valence electrons. The average molecular weight is 681 g/mol. The Balaban J connectivity index is 1.42. The third-order valence-electron chi connectivity index (χ3n) is 6.10. The van der Waals surface area contributed by atoms with Gasteiger partial charge in [-0.1, -0.05) is 44.0 Å². The summed E-state index contributed by atoms with van der Waals surface area (Å²) < 4.78 is 50.1. The molecule has 0 unspecified atom stereocenters. The molecule has 1 aliphatic rings. The zero-order valence-electron chi connectivity index (χ0n) is 20.2. The number of amides is 1. The Hall–Kier alpha value is -3.91. The third-order valence-corrected chi connectivity index (χ3v) is 7.16. The predicted molar refractivity (Wildman–Crippen MR) is 148 cm³/mol. The van der Waals surface area contributed by atoms with Crippen LogP contribution in [0.15, 0.2) is 81.7 Å². The lowest BCUT2D eigenvalue weighted by molar-refractivity contribution is -0.384. The van der Waals surface area contributed by atoms with Gasteiger partial charge in [0.1, 0.15) is 17.3 Å². The van der Waals surface area contributed by atoms with Gasteiger partial charge in [0.15, 0.2) is 11.7 Å². The minimum Gasteiger partial charge on any atom is -0.457 e. The van der Waals surface area contributed by atoms with Crippen LogP contribution in [0.3, 0.4) is 0 Å². The molecular formula is C26H18Br2F3N5O4. The van der Waals surface area contributed by atoms with Gasteiger partial charge in [-0.15, -0.1) is 0 Å². The Bertz CT molecular complexity index is 1580. The van der Waals surface area contributed by atoms with Crippen molar-refractivity contribution < 1.29 is 27.6 Å². The van der Waals surface area contributed by atoms with E-state index in [0.29, 0.717) is 11.3 Å². The van der Waals surface area contributed by atoms with Crippen molar-refractivity contribution in [2.75, 3.05) is 10.6 Å². The van der Waals surface area contributed by atoms with Crippen molar-refractivity contribution in [2.45, 2.75) is 24.7 Å². The van der Waals surface area contributed by atoms with E-state index in [1.54, 1.807) is 48.5 Å². The van der Waals surface area contributed by atoms with E-state index in [1.165, 1.54) is 18.2 Å². The standard InChI is InChI=1S/C26H18Br2F3N5O4/c27-15-3-1-14(2-4-15)21-12-23(26(29,30)31)35-24(33-21)13-22(34-35)25(37)32-17-9-18(36(38)39)11-20(10-17)40-19-7-5-16(28)6-8-19/h1-11,13,21,23,33H,12H2,(H,32,37)/t21-,23-/m0/s1. The molecule has 1 aromatic heterocycles. The SMILES string of the molecule is O=C(Nc1cc(Oc2ccc(Br)cc2)cc([N+](=O)[O-])c1)c1cc2n(n1)[C@H](C(F)(F)F)C[C@@H](c1ccc(Br)cc1)N2. The maximum absolute atomic E-state index is 14.0. The first-order valence-electron chi connectivity index (χ1n) is 11.7. The lowest BCUT2D eigenvalue weighted by atomic mass is 9.97. The highest BCUT2D eigenvalue weighted by Gasteiger charge is 2.46. The van der Waals surface area contributed by atoms with Gasteiger partial charge in [-0.25, -0.2) is 4.68 Å². The van der Waals surface area contributed by atoms with Gasteiger partial charge in [-0.05, 0) is 42.0 Å². The van der Waals surface area contributed by atoms with Gasteiger partial charge in [-0.2, -0.15) is 18.3 Å². The summed E-state index contributed by atoms with van der Waals surface area (Å²) in [4.78, 5) is 23.9. The summed E-state index contributed by atoms with van der Waals surface area (Å²) in [5, 5.41) is 20.9. The number of carbonyl (C=O) groups excluding carboxylic acids is 1. The number of hydrogen-bond acceptors (Lipinski definition) is 6. The van der Waals surface area contributed by atoms with Gasteiger partial charge in [0, 0.05) is 33.6 Å². The van der Waals surface area contributed by atoms with Crippen molar-refractivity contribution in [3.63, 3.8) is 0 Å². The van der Waals surface area contributed by atoms with Crippen molar-refractivity contribution in [1.29, 1.82) is 0 Å². The third kappa shape index (κ3) is 6.12. The molecule has 9 nitrogen and oxygen atoms in total. The lowest BCUT2D eigenvalue weighted by Gasteiger charge is -2.33. The Morgan fingerprint density at radius 3 is 2.30 bits per heavy atom. The molecule has 5 rings (SSSR count). The minimum atomic E-state index is -4.62. The summed E-state index contributed by atoms with van der Waals surface area (Å²) in [6.45, 7) is 0. The number of benzene rings is 3. The number of halogens is 5. The number of fused-ring (bicyclic) bond motifs is 1. The number of carbonyl (C=O) groups is 1. The molecule has 0 bridgehead atoms. The van der Waals surface area contributed by atoms with Gasteiger partial charge in [-0.3, -0.25) is 14.9 Å². The van der Waals surface area contributed by atoms with E-state index in [2.05, 4.69) is 47.6 Å². The first-order valence-corrected chi connectivity index (χ1v) is 13.3. The maximum atomic E-state index is 14.0.